The molecule has 2 aliphatic heterocycles. The first-order valence-electron chi connectivity index (χ1n) is 7.30. The van der Waals surface area contributed by atoms with Crippen molar-refractivity contribution in [3.05, 3.63) is 0 Å². The molecule has 2 fully saturated rings. The van der Waals surface area contributed by atoms with Crippen LogP contribution in [0.5, 0.6) is 0 Å². The SMILES string of the molecule is CC[C@H]1CN2CC(=O)NC[C@H]2CN1C(=O)OC(C)(C)C. The zero-order valence-corrected chi connectivity index (χ0v) is 12.8. The van der Waals surface area contributed by atoms with Crippen LogP contribution in [0.2, 0.25) is 0 Å². The van der Waals surface area contributed by atoms with Crippen molar-refractivity contribution >= 4 is 12.0 Å². The average molecular weight is 283 g/mol. The van der Waals surface area contributed by atoms with Crippen molar-refractivity contribution in [1.82, 2.24) is 15.1 Å². The van der Waals surface area contributed by atoms with Gasteiger partial charge in [0, 0.05) is 31.7 Å². The maximum Gasteiger partial charge on any atom is 0.410 e. The zero-order chi connectivity index (χ0) is 14.9. The first-order valence-corrected chi connectivity index (χ1v) is 7.30. The molecule has 1 N–H and O–H groups in total. The van der Waals surface area contributed by atoms with Gasteiger partial charge in [-0.25, -0.2) is 4.79 Å². The Hall–Kier alpha value is -1.30. The third-order valence-corrected chi connectivity index (χ3v) is 3.79. The Morgan fingerprint density at radius 2 is 2.10 bits per heavy atom. The summed E-state index contributed by atoms with van der Waals surface area (Å²) in [7, 11) is 0. The molecule has 0 radical (unpaired) electrons. The fraction of sp³-hybridized carbons (Fsp3) is 0.857. The summed E-state index contributed by atoms with van der Waals surface area (Å²) in [5, 5.41) is 2.86. The van der Waals surface area contributed by atoms with E-state index in [1.54, 1.807) is 0 Å². The second-order valence-electron chi connectivity index (χ2n) is 6.58. The highest BCUT2D eigenvalue weighted by Gasteiger charge is 2.39. The Morgan fingerprint density at radius 1 is 1.40 bits per heavy atom. The van der Waals surface area contributed by atoms with Gasteiger partial charge < -0.3 is 15.0 Å². The molecule has 0 aromatic heterocycles. The van der Waals surface area contributed by atoms with Crippen molar-refractivity contribution in [3.8, 4) is 0 Å². The molecule has 2 rings (SSSR count). The van der Waals surface area contributed by atoms with Crippen LogP contribution in [0.4, 0.5) is 4.79 Å². The van der Waals surface area contributed by atoms with Crippen LogP contribution in [0.15, 0.2) is 0 Å². The number of piperazine rings is 2. The maximum absolute atomic E-state index is 12.3. The van der Waals surface area contributed by atoms with Gasteiger partial charge in [-0.15, -0.1) is 0 Å². The van der Waals surface area contributed by atoms with Crippen molar-refractivity contribution in [2.75, 3.05) is 26.2 Å². The minimum Gasteiger partial charge on any atom is -0.444 e. The monoisotopic (exact) mass is 283 g/mol. The lowest BCUT2D eigenvalue weighted by molar-refractivity contribution is -0.127. The predicted octanol–water partition coefficient (Wildman–Crippen LogP) is 0.816. The minimum atomic E-state index is -0.479. The van der Waals surface area contributed by atoms with Gasteiger partial charge in [-0.3, -0.25) is 9.69 Å². The molecule has 0 aromatic carbocycles. The van der Waals surface area contributed by atoms with E-state index in [0.29, 0.717) is 19.6 Å². The highest BCUT2D eigenvalue weighted by molar-refractivity contribution is 5.79. The van der Waals surface area contributed by atoms with Crippen molar-refractivity contribution in [2.45, 2.75) is 51.8 Å². The fourth-order valence-corrected chi connectivity index (χ4v) is 2.76. The molecule has 2 heterocycles. The van der Waals surface area contributed by atoms with E-state index in [9.17, 15) is 9.59 Å². The van der Waals surface area contributed by atoms with E-state index in [1.165, 1.54) is 0 Å². The lowest BCUT2D eigenvalue weighted by atomic mass is 10.0. The normalized spacial score (nSPS) is 27.8. The predicted molar refractivity (Wildman–Crippen MR) is 75.4 cm³/mol. The number of hydrogen-bond donors (Lipinski definition) is 1. The number of hydrogen-bond acceptors (Lipinski definition) is 4. The van der Waals surface area contributed by atoms with Crippen LogP contribution in [0.25, 0.3) is 0 Å². The van der Waals surface area contributed by atoms with E-state index in [2.05, 4.69) is 17.1 Å². The lowest BCUT2D eigenvalue weighted by Gasteiger charge is -2.47. The van der Waals surface area contributed by atoms with Crippen molar-refractivity contribution < 1.29 is 14.3 Å². The summed E-state index contributed by atoms with van der Waals surface area (Å²) in [6.07, 6.45) is 0.616. The third-order valence-electron chi connectivity index (χ3n) is 3.79. The molecule has 20 heavy (non-hydrogen) atoms. The fourth-order valence-electron chi connectivity index (χ4n) is 2.76. The van der Waals surface area contributed by atoms with Gasteiger partial charge in [0.25, 0.3) is 0 Å². The molecular formula is C14H25N3O3. The first kappa shape index (κ1) is 15.1. The highest BCUT2D eigenvalue weighted by atomic mass is 16.6. The molecule has 2 saturated heterocycles. The van der Waals surface area contributed by atoms with Crippen LogP contribution >= 0.6 is 0 Å². The largest absolute Gasteiger partial charge is 0.444 e. The second kappa shape index (κ2) is 5.60. The zero-order valence-electron chi connectivity index (χ0n) is 12.8. The first-order chi connectivity index (χ1) is 9.30. The number of rotatable bonds is 1. The number of nitrogens with zero attached hydrogens (tertiary/aromatic N) is 2. The quantitative estimate of drug-likeness (QED) is 0.774. The van der Waals surface area contributed by atoms with Gasteiger partial charge >= 0.3 is 6.09 Å². The van der Waals surface area contributed by atoms with Gasteiger partial charge in [0.2, 0.25) is 5.91 Å². The lowest BCUT2D eigenvalue weighted by Crippen LogP contribution is -2.66. The molecule has 0 bridgehead atoms. The molecule has 114 valence electrons. The molecule has 6 heteroatoms. The van der Waals surface area contributed by atoms with Crippen molar-refractivity contribution in [3.63, 3.8) is 0 Å². The van der Waals surface area contributed by atoms with E-state index in [4.69, 9.17) is 4.74 Å². The summed E-state index contributed by atoms with van der Waals surface area (Å²) in [6.45, 7) is 10.1. The summed E-state index contributed by atoms with van der Waals surface area (Å²) in [5.41, 5.74) is -0.479. The van der Waals surface area contributed by atoms with Gasteiger partial charge in [0.15, 0.2) is 0 Å². The van der Waals surface area contributed by atoms with E-state index in [-0.39, 0.29) is 24.1 Å². The van der Waals surface area contributed by atoms with Crippen LogP contribution < -0.4 is 5.32 Å². The molecule has 0 saturated carbocycles. The summed E-state index contributed by atoms with van der Waals surface area (Å²) in [4.78, 5) is 27.8. The number of nitrogens with one attached hydrogen (secondary N) is 1. The Balaban J connectivity index is 2.05. The summed E-state index contributed by atoms with van der Waals surface area (Å²) in [6, 6.07) is 0.315. The average Bonchev–Trinajstić information content (AvgIpc) is 2.34. The molecule has 2 atom stereocenters. The molecule has 0 unspecified atom stereocenters. The van der Waals surface area contributed by atoms with Crippen LogP contribution in [0.3, 0.4) is 0 Å². The molecule has 0 aromatic rings. The smallest absolute Gasteiger partial charge is 0.410 e. The van der Waals surface area contributed by atoms with Crippen LogP contribution in [-0.4, -0.2) is 65.7 Å². The number of carbonyl (C=O) groups excluding carboxylic acids is 2. The molecular weight excluding hydrogens is 258 g/mol. The van der Waals surface area contributed by atoms with E-state index < -0.39 is 5.60 Å². The van der Waals surface area contributed by atoms with Crippen LogP contribution in [0, 0.1) is 0 Å². The van der Waals surface area contributed by atoms with Gasteiger partial charge in [0.05, 0.1) is 6.54 Å². The van der Waals surface area contributed by atoms with E-state index in [0.717, 1.165) is 13.0 Å². The van der Waals surface area contributed by atoms with E-state index >= 15 is 0 Å². The van der Waals surface area contributed by atoms with E-state index in [1.807, 2.05) is 25.7 Å². The van der Waals surface area contributed by atoms with Crippen molar-refractivity contribution in [2.24, 2.45) is 0 Å². The van der Waals surface area contributed by atoms with Gasteiger partial charge in [-0.1, -0.05) is 6.92 Å². The Kier molecular flexibility index (Phi) is 4.22. The molecule has 2 aliphatic rings. The maximum atomic E-state index is 12.3. The van der Waals surface area contributed by atoms with Gasteiger partial charge in [0.1, 0.15) is 5.60 Å². The standard InChI is InChI=1S/C14H25N3O3/c1-5-10-7-16-9-12(18)15-6-11(16)8-17(10)13(19)20-14(2,3)4/h10-11H,5-9H2,1-4H3,(H,15,18)/t10-,11-/m0/s1. The number of fused-ring (bicyclic) bond motifs is 1. The van der Waals surface area contributed by atoms with Crippen LogP contribution in [0.1, 0.15) is 34.1 Å². The molecule has 6 nitrogen and oxygen atoms in total. The van der Waals surface area contributed by atoms with Crippen molar-refractivity contribution in [1.29, 1.82) is 0 Å². The molecule has 0 aliphatic carbocycles. The summed E-state index contributed by atoms with van der Waals surface area (Å²) >= 11 is 0. The summed E-state index contributed by atoms with van der Waals surface area (Å²) in [5.74, 6) is 0.0711. The second-order valence-corrected chi connectivity index (χ2v) is 6.58. The Bertz CT molecular complexity index is 392. The molecule has 0 spiro atoms. The minimum absolute atomic E-state index is 0.0711. The van der Waals surface area contributed by atoms with Gasteiger partial charge in [-0.2, -0.15) is 0 Å². The summed E-state index contributed by atoms with van der Waals surface area (Å²) < 4.78 is 5.49. The van der Waals surface area contributed by atoms with Crippen LogP contribution in [-0.2, 0) is 9.53 Å². The number of amides is 2. The Morgan fingerprint density at radius 3 is 2.70 bits per heavy atom. The highest BCUT2D eigenvalue weighted by Crippen LogP contribution is 2.21. The number of carbonyl (C=O) groups is 2. The Labute approximate surface area is 120 Å². The molecule has 2 amide bonds. The topological polar surface area (TPSA) is 61.9 Å². The third kappa shape index (κ3) is 3.42. The number of ether oxygens (including phenoxy) is 1. The van der Waals surface area contributed by atoms with Gasteiger partial charge in [-0.05, 0) is 27.2 Å².